The maximum absolute atomic E-state index is 12.4. The van der Waals surface area contributed by atoms with Gasteiger partial charge in [0.15, 0.2) is 11.0 Å². The van der Waals surface area contributed by atoms with E-state index >= 15 is 0 Å². The fourth-order valence-electron chi connectivity index (χ4n) is 2.74. The summed E-state index contributed by atoms with van der Waals surface area (Å²) in [6.07, 6.45) is 4.01. The highest BCUT2D eigenvalue weighted by Gasteiger charge is 2.18. The molecule has 3 rings (SSSR count). The minimum Gasteiger partial charge on any atom is -0.381 e. The summed E-state index contributed by atoms with van der Waals surface area (Å²) in [6.45, 7) is 4.32. The van der Waals surface area contributed by atoms with Gasteiger partial charge in [-0.3, -0.25) is 4.79 Å². The van der Waals surface area contributed by atoms with Crippen molar-refractivity contribution in [3.8, 4) is 11.4 Å². The van der Waals surface area contributed by atoms with Crippen LogP contribution >= 0.6 is 11.8 Å². The highest BCUT2D eigenvalue weighted by molar-refractivity contribution is 7.99. The highest BCUT2D eigenvalue weighted by Crippen LogP contribution is 2.26. The molecule has 2 aromatic heterocycles. The van der Waals surface area contributed by atoms with Crippen LogP contribution in [0.1, 0.15) is 19.8 Å². The Labute approximate surface area is 139 Å². The van der Waals surface area contributed by atoms with Crippen LogP contribution in [0.25, 0.3) is 11.4 Å². The molecule has 1 aliphatic rings. The van der Waals surface area contributed by atoms with Crippen LogP contribution in [0.4, 0.5) is 0 Å². The van der Waals surface area contributed by atoms with E-state index in [0.29, 0.717) is 23.9 Å². The summed E-state index contributed by atoms with van der Waals surface area (Å²) in [5.41, 5.74) is 0.578. The second kappa shape index (κ2) is 7.31. The zero-order valence-corrected chi connectivity index (χ0v) is 14.4. The van der Waals surface area contributed by atoms with Crippen LogP contribution < -0.4 is 5.56 Å². The molecule has 0 atom stereocenters. The second-order valence-corrected chi connectivity index (χ2v) is 6.73. The van der Waals surface area contributed by atoms with E-state index in [-0.39, 0.29) is 5.56 Å². The molecule has 23 heavy (non-hydrogen) atoms. The summed E-state index contributed by atoms with van der Waals surface area (Å²) in [6, 6.07) is 3.69. The summed E-state index contributed by atoms with van der Waals surface area (Å²) in [4.78, 5) is 12.4. The van der Waals surface area contributed by atoms with Crippen LogP contribution in [-0.4, -0.2) is 38.3 Å². The maximum atomic E-state index is 12.4. The molecule has 124 valence electrons. The molecule has 0 bridgehead atoms. The van der Waals surface area contributed by atoms with Crippen molar-refractivity contribution in [1.29, 1.82) is 0 Å². The third-order valence-corrected chi connectivity index (χ3v) is 5.48. The minimum absolute atomic E-state index is 0.0218. The standard InChI is InChI=1S/C16H22N4O2S/c1-3-20-8-4-5-13(15(20)21)14-17-18-16(19(14)2)23-11-12-6-9-22-10-7-12/h4-5,8,12H,3,6-7,9-11H2,1-2H3. The van der Waals surface area contributed by atoms with Crippen LogP contribution in [0.15, 0.2) is 28.3 Å². The fourth-order valence-corrected chi connectivity index (χ4v) is 3.83. The van der Waals surface area contributed by atoms with Crippen molar-refractivity contribution in [2.24, 2.45) is 13.0 Å². The number of rotatable bonds is 5. The van der Waals surface area contributed by atoms with E-state index in [2.05, 4.69) is 10.2 Å². The lowest BCUT2D eigenvalue weighted by Gasteiger charge is -2.21. The molecule has 1 fully saturated rings. The molecule has 6 nitrogen and oxygen atoms in total. The van der Waals surface area contributed by atoms with E-state index in [1.807, 2.05) is 30.7 Å². The number of aryl methyl sites for hydroxylation is 1. The molecular weight excluding hydrogens is 312 g/mol. The predicted octanol–water partition coefficient (Wildman–Crippen LogP) is 2.18. The number of nitrogens with zero attached hydrogens (tertiary/aromatic N) is 4. The number of aromatic nitrogens is 4. The van der Waals surface area contributed by atoms with E-state index in [9.17, 15) is 4.79 Å². The smallest absolute Gasteiger partial charge is 0.261 e. The Kier molecular flexibility index (Phi) is 5.17. The quantitative estimate of drug-likeness (QED) is 0.784. The molecule has 0 N–H and O–H groups in total. The molecule has 1 aliphatic heterocycles. The van der Waals surface area contributed by atoms with Crippen LogP contribution in [0.5, 0.6) is 0 Å². The van der Waals surface area contributed by atoms with E-state index < -0.39 is 0 Å². The van der Waals surface area contributed by atoms with Gasteiger partial charge in [0.25, 0.3) is 5.56 Å². The Morgan fingerprint density at radius 3 is 2.87 bits per heavy atom. The number of thioether (sulfide) groups is 1. The fraction of sp³-hybridized carbons (Fsp3) is 0.562. The van der Waals surface area contributed by atoms with Gasteiger partial charge in [-0.05, 0) is 37.8 Å². The number of hydrogen-bond acceptors (Lipinski definition) is 5. The monoisotopic (exact) mass is 334 g/mol. The first-order valence-electron chi connectivity index (χ1n) is 8.00. The zero-order chi connectivity index (χ0) is 16.2. The van der Waals surface area contributed by atoms with Crippen molar-refractivity contribution in [3.05, 3.63) is 28.7 Å². The van der Waals surface area contributed by atoms with E-state index in [1.165, 1.54) is 0 Å². The molecule has 0 saturated carbocycles. The Morgan fingerprint density at radius 2 is 2.13 bits per heavy atom. The van der Waals surface area contributed by atoms with E-state index in [1.54, 1.807) is 22.5 Å². The van der Waals surface area contributed by atoms with Gasteiger partial charge < -0.3 is 13.9 Å². The molecule has 0 amide bonds. The van der Waals surface area contributed by atoms with Crippen molar-refractivity contribution < 1.29 is 4.74 Å². The topological polar surface area (TPSA) is 61.9 Å². The summed E-state index contributed by atoms with van der Waals surface area (Å²) in [7, 11) is 1.92. The van der Waals surface area contributed by atoms with Gasteiger partial charge in [0.05, 0.1) is 5.56 Å². The third kappa shape index (κ3) is 3.50. The first-order valence-corrected chi connectivity index (χ1v) is 8.99. The lowest BCUT2D eigenvalue weighted by molar-refractivity contribution is 0.0728. The van der Waals surface area contributed by atoms with Gasteiger partial charge in [0.2, 0.25) is 0 Å². The van der Waals surface area contributed by atoms with E-state index in [4.69, 9.17) is 4.74 Å². The molecule has 0 unspecified atom stereocenters. The zero-order valence-electron chi connectivity index (χ0n) is 13.6. The summed E-state index contributed by atoms with van der Waals surface area (Å²) < 4.78 is 8.99. The van der Waals surface area contributed by atoms with Gasteiger partial charge in [0.1, 0.15) is 0 Å². The third-order valence-electron chi connectivity index (χ3n) is 4.23. The Morgan fingerprint density at radius 1 is 1.35 bits per heavy atom. The molecule has 0 radical (unpaired) electrons. The van der Waals surface area contributed by atoms with Gasteiger partial charge in [-0.25, -0.2) is 0 Å². The normalized spacial score (nSPS) is 15.9. The van der Waals surface area contributed by atoms with Crippen molar-refractivity contribution >= 4 is 11.8 Å². The molecule has 1 saturated heterocycles. The maximum Gasteiger partial charge on any atom is 0.261 e. The summed E-state index contributed by atoms with van der Waals surface area (Å²) >= 11 is 1.71. The summed E-state index contributed by atoms with van der Waals surface area (Å²) in [5, 5.41) is 9.37. The van der Waals surface area contributed by atoms with Crippen molar-refractivity contribution in [3.63, 3.8) is 0 Å². The lowest BCUT2D eigenvalue weighted by Crippen LogP contribution is -2.21. The average Bonchev–Trinajstić information content (AvgIpc) is 2.95. The highest BCUT2D eigenvalue weighted by atomic mass is 32.2. The number of pyridine rings is 1. The number of ether oxygens (including phenoxy) is 1. The molecule has 7 heteroatoms. The molecule has 0 aliphatic carbocycles. The predicted molar refractivity (Wildman–Crippen MR) is 90.6 cm³/mol. The van der Waals surface area contributed by atoms with Gasteiger partial charge in [-0.2, -0.15) is 0 Å². The Hall–Kier alpha value is -1.60. The first-order chi connectivity index (χ1) is 11.2. The van der Waals surface area contributed by atoms with Crippen LogP contribution in [0.2, 0.25) is 0 Å². The molecule has 2 aromatic rings. The van der Waals surface area contributed by atoms with Crippen LogP contribution in [0, 0.1) is 5.92 Å². The van der Waals surface area contributed by atoms with Crippen molar-refractivity contribution in [2.45, 2.75) is 31.5 Å². The van der Waals surface area contributed by atoms with Crippen LogP contribution in [0.3, 0.4) is 0 Å². The largest absolute Gasteiger partial charge is 0.381 e. The first kappa shape index (κ1) is 16.3. The Balaban J connectivity index is 1.78. The summed E-state index contributed by atoms with van der Waals surface area (Å²) in [5.74, 6) is 2.32. The van der Waals surface area contributed by atoms with Crippen molar-refractivity contribution in [1.82, 2.24) is 19.3 Å². The molecular formula is C16H22N4O2S. The van der Waals surface area contributed by atoms with Gasteiger partial charge >= 0.3 is 0 Å². The Bertz CT molecular complexity index is 719. The second-order valence-electron chi connectivity index (χ2n) is 5.74. The van der Waals surface area contributed by atoms with Gasteiger partial charge in [-0.15, -0.1) is 10.2 Å². The molecule has 0 aromatic carbocycles. The molecule has 0 spiro atoms. The van der Waals surface area contributed by atoms with Gasteiger partial charge in [0, 0.05) is 38.8 Å². The SMILES string of the molecule is CCn1cccc(-c2nnc(SCC3CCOCC3)n2C)c1=O. The minimum atomic E-state index is -0.0218. The van der Waals surface area contributed by atoms with Crippen LogP contribution in [-0.2, 0) is 18.3 Å². The van der Waals surface area contributed by atoms with Gasteiger partial charge in [-0.1, -0.05) is 11.8 Å². The number of hydrogen-bond donors (Lipinski definition) is 0. The van der Waals surface area contributed by atoms with Crippen molar-refractivity contribution in [2.75, 3.05) is 19.0 Å². The average molecular weight is 334 g/mol. The van der Waals surface area contributed by atoms with E-state index in [0.717, 1.165) is 37.0 Å². The molecule has 3 heterocycles. The lowest BCUT2D eigenvalue weighted by atomic mass is 10.0.